The lowest BCUT2D eigenvalue weighted by molar-refractivity contribution is -0.0572. The summed E-state index contributed by atoms with van der Waals surface area (Å²) in [5.74, 6) is 0. The van der Waals surface area contributed by atoms with Crippen molar-refractivity contribution in [1.82, 2.24) is 0 Å². The largest absolute Gasteiger partial charge is 0.388 e. The molecule has 3 N–H and O–H groups in total. The molecule has 1 fully saturated rings. The maximum Gasteiger partial charge on any atom is 0.0865 e. The molecule has 0 aromatic heterocycles. The number of hydrogen-bond acceptors (Lipinski definition) is 4. The van der Waals surface area contributed by atoms with Gasteiger partial charge in [-0.1, -0.05) is 17.7 Å². The van der Waals surface area contributed by atoms with E-state index in [1.54, 1.807) is 0 Å². The summed E-state index contributed by atoms with van der Waals surface area (Å²) in [7, 11) is 1.94. The number of ether oxygens (including phenoxy) is 1. The molecule has 1 aliphatic heterocycles. The molecule has 0 aliphatic carbocycles. The number of rotatable bonds is 4. The van der Waals surface area contributed by atoms with Crippen molar-refractivity contribution in [1.29, 1.82) is 0 Å². The van der Waals surface area contributed by atoms with Crippen molar-refractivity contribution in [3.05, 3.63) is 28.8 Å². The predicted octanol–water partition coefficient (Wildman–Crippen LogP) is 2.34. The van der Waals surface area contributed by atoms with Crippen LogP contribution in [0.5, 0.6) is 0 Å². The first-order valence-electron chi connectivity index (χ1n) is 6.98. The van der Waals surface area contributed by atoms with Crippen LogP contribution in [0.4, 0.5) is 5.69 Å². The highest BCUT2D eigenvalue weighted by molar-refractivity contribution is 6.33. The molecule has 1 aromatic carbocycles. The highest BCUT2D eigenvalue weighted by Crippen LogP contribution is 2.30. The number of benzene rings is 1. The van der Waals surface area contributed by atoms with Crippen molar-refractivity contribution in [3.8, 4) is 0 Å². The van der Waals surface area contributed by atoms with Gasteiger partial charge in [-0.15, -0.1) is 0 Å². The Morgan fingerprint density at radius 1 is 1.45 bits per heavy atom. The lowest BCUT2D eigenvalue weighted by Crippen LogP contribution is -2.45. The first-order chi connectivity index (χ1) is 9.41. The summed E-state index contributed by atoms with van der Waals surface area (Å²) in [5.41, 5.74) is 7.08. The minimum Gasteiger partial charge on any atom is -0.388 e. The number of likely N-dealkylation sites (N-methyl/N-ethyl adjacent to an activating group) is 1. The number of aliphatic hydroxyl groups is 1. The van der Waals surface area contributed by atoms with Gasteiger partial charge >= 0.3 is 0 Å². The van der Waals surface area contributed by atoms with E-state index < -0.39 is 5.60 Å². The van der Waals surface area contributed by atoms with Crippen LogP contribution < -0.4 is 10.6 Å². The Morgan fingerprint density at radius 3 is 2.65 bits per heavy atom. The van der Waals surface area contributed by atoms with Gasteiger partial charge in [-0.05, 0) is 24.6 Å². The zero-order chi connectivity index (χ0) is 14.8. The van der Waals surface area contributed by atoms with Gasteiger partial charge in [0.25, 0.3) is 0 Å². The van der Waals surface area contributed by atoms with Gasteiger partial charge in [0.05, 0.1) is 16.3 Å². The Kier molecular flexibility index (Phi) is 4.91. The van der Waals surface area contributed by atoms with Gasteiger partial charge in [0, 0.05) is 45.7 Å². The Bertz CT molecular complexity index is 459. The second-order valence-corrected chi connectivity index (χ2v) is 6.10. The molecule has 0 unspecified atom stereocenters. The summed E-state index contributed by atoms with van der Waals surface area (Å²) in [6.07, 6.45) is 1.32. The second kappa shape index (κ2) is 6.31. The van der Waals surface area contributed by atoms with Crippen molar-refractivity contribution >= 4 is 17.3 Å². The van der Waals surface area contributed by atoms with Crippen LogP contribution in [0.15, 0.2) is 18.2 Å². The summed E-state index contributed by atoms with van der Waals surface area (Å²) in [6.45, 7) is 3.71. The minimum absolute atomic E-state index is 0.0356. The first-order valence-corrected chi connectivity index (χ1v) is 7.35. The molecule has 0 spiro atoms. The van der Waals surface area contributed by atoms with Crippen LogP contribution in [0.2, 0.25) is 5.02 Å². The van der Waals surface area contributed by atoms with Gasteiger partial charge < -0.3 is 20.5 Å². The predicted molar refractivity (Wildman–Crippen MR) is 82.3 cm³/mol. The van der Waals surface area contributed by atoms with Crippen LogP contribution in [0.3, 0.4) is 0 Å². The van der Waals surface area contributed by atoms with Crippen LogP contribution in [-0.4, -0.2) is 37.5 Å². The SMILES string of the molecule is C[C@H](N)c1ccc(N(C)CC2(O)CCOCC2)c(Cl)c1. The number of hydrogen-bond donors (Lipinski definition) is 2. The number of nitrogens with two attached hydrogens (primary N) is 1. The third-order valence-electron chi connectivity index (χ3n) is 3.86. The third-order valence-corrected chi connectivity index (χ3v) is 4.17. The van der Waals surface area contributed by atoms with E-state index >= 15 is 0 Å². The Morgan fingerprint density at radius 2 is 2.10 bits per heavy atom. The van der Waals surface area contributed by atoms with Crippen LogP contribution >= 0.6 is 11.6 Å². The van der Waals surface area contributed by atoms with Crippen LogP contribution in [-0.2, 0) is 4.74 Å². The summed E-state index contributed by atoms with van der Waals surface area (Å²) in [6, 6.07) is 5.80. The van der Waals surface area contributed by atoms with Crippen molar-refractivity contribution in [2.75, 3.05) is 31.7 Å². The molecular weight excluding hydrogens is 276 g/mol. The van der Waals surface area contributed by atoms with Gasteiger partial charge in [-0.3, -0.25) is 0 Å². The van der Waals surface area contributed by atoms with E-state index in [2.05, 4.69) is 0 Å². The Hall–Kier alpha value is -0.810. The third kappa shape index (κ3) is 3.64. The van der Waals surface area contributed by atoms with E-state index in [1.807, 2.05) is 37.1 Å². The molecule has 1 heterocycles. The summed E-state index contributed by atoms with van der Waals surface area (Å²) in [5, 5.41) is 11.2. The highest BCUT2D eigenvalue weighted by Gasteiger charge is 2.31. The van der Waals surface area contributed by atoms with E-state index in [0.29, 0.717) is 37.6 Å². The molecule has 0 radical (unpaired) electrons. The maximum atomic E-state index is 10.6. The zero-order valence-electron chi connectivity index (χ0n) is 12.1. The average Bonchev–Trinajstić information content (AvgIpc) is 2.38. The van der Waals surface area contributed by atoms with Gasteiger partial charge in [0.1, 0.15) is 0 Å². The lowest BCUT2D eigenvalue weighted by atomic mass is 9.93. The van der Waals surface area contributed by atoms with E-state index in [4.69, 9.17) is 22.1 Å². The number of halogens is 1. The summed E-state index contributed by atoms with van der Waals surface area (Å²) in [4.78, 5) is 2.00. The molecule has 1 aromatic rings. The van der Waals surface area contributed by atoms with Gasteiger partial charge in [0.2, 0.25) is 0 Å². The number of anilines is 1. The molecule has 0 bridgehead atoms. The molecule has 1 atom stereocenters. The van der Waals surface area contributed by atoms with E-state index in [-0.39, 0.29) is 6.04 Å². The second-order valence-electron chi connectivity index (χ2n) is 5.69. The van der Waals surface area contributed by atoms with Crippen molar-refractivity contribution in [3.63, 3.8) is 0 Å². The summed E-state index contributed by atoms with van der Waals surface area (Å²) >= 11 is 6.33. The first kappa shape index (κ1) is 15.6. The fourth-order valence-corrected chi connectivity index (χ4v) is 2.89. The molecule has 4 nitrogen and oxygen atoms in total. The molecule has 5 heteroatoms. The topological polar surface area (TPSA) is 58.7 Å². The smallest absolute Gasteiger partial charge is 0.0865 e. The molecule has 2 rings (SSSR count). The van der Waals surface area contributed by atoms with Crippen molar-refractivity contribution in [2.24, 2.45) is 5.73 Å². The molecule has 112 valence electrons. The average molecular weight is 299 g/mol. The normalized spacial score (nSPS) is 19.6. The van der Waals surface area contributed by atoms with E-state index in [0.717, 1.165) is 11.3 Å². The molecule has 20 heavy (non-hydrogen) atoms. The molecule has 0 saturated carbocycles. The maximum absolute atomic E-state index is 10.6. The highest BCUT2D eigenvalue weighted by atomic mass is 35.5. The van der Waals surface area contributed by atoms with Crippen LogP contribution in [0.1, 0.15) is 31.4 Å². The standard InChI is InChI=1S/C15H23ClN2O2/c1-11(17)12-3-4-14(13(16)9-12)18(2)10-15(19)5-7-20-8-6-15/h3-4,9,11,19H,5-8,10,17H2,1-2H3/t11-/m0/s1. The fourth-order valence-electron chi connectivity index (χ4n) is 2.55. The molecular formula is C15H23ClN2O2. The van der Waals surface area contributed by atoms with Crippen molar-refractivity contribution < 1.29 is 9.84 Å². The van der Waals surface area contributed by atoms with E-state index in [1.165, 1.54) is 0 Å². The minimum atomic E-state index is -0.698. The number of nitrogens with zero attached hydrogens (tertiary/aromatic N) is 1. The summed E-state index contributed by atoms with van der Waals surface area (Å²) < 4.78 is 5.30. The van der Waals surface area contributed by atoms with Crippen molar-refractivity contribution in [2.45, 2.75) is 31.4 Å². The van der Waals surface area contributed by atoms with Gasteiger partial charge in [-0.2, -0.15) is 0 Å². The Balaban J connectivity index is 2.10. The van der Waals surface area contributed by atoms with Crippen LogP contribution in [0, 0.1) is 0 Å². The van der Waals surface area contributed by atoms with Gasteiger partial charge in [-0.25, -0.2) is 0 Å². The molecule has 1 aliphatic rings. The quantitative estimate of drug-likeness (QED) is 0.896. The zero-order valence-corrected chi connectivity index (χ0v) is 12.9. The fraction of sp³-hybridized carbons (Fsp3) is 0.600. The molecule has 1 saturated heterocycles. The Labute approximate surface area is 125 Å². The van der Waals surface area contributed by atoms with E-state index in [9.17, 15) is 5.11 Å². The van der Waals surface area contributed by atoms with Gasteiger partial charge in [0.15, 0.2) is 0 Å². The van der Waals surface area contributed by atoms with Crippen LogP contribution in [0.25, 0.3) is 0 Å². The lowest BCUT2D eigenvalue weighted by Gasteiger charge is -2.36. The molecule has 0 amide bonds. The monoisotopic (exact) mass is 298 g/mol.